The van der Waals surface area contributed by atoms with Crippen molar-refractivity contribution in [3.63, 3.8) is 0 Å². The zero-order valence-corrected chi connectivity index (χ0v) is 11.8. The molecule has 1 aromatic heterocycles. The second-order valence-electron chi connectivity index (χ2n) is 5.23. The molecule has 2 aromatic rings. The zero-order chi connectivity index (χ0) is 13.4. The first-order valence-electron chi connectivity index (χ1n) is 6.75. The van der Waals surface area contributed by atoms with Gasteiger partial charge in [0.15, 0.2) is 0 Å². The second kappa shape index (κ2) is 4.89. The van der Waals surface area contributed by atoms with Crippen LogP contribution in [0, 0.1) is 0 Å². The molecule has 1 aromatic carbocycles. The van der Waals surface area contributed by atoms with Crippen LogP contribution in [0.3, 0.4) is 0 Å². The number of nitrogens with zero attached hydrogens (tertiary/aromatic N) is 2. The summed E-state index contributed by atoms with van der Waals surface area (Å²) in [6.07, 6.45) is 4.97. The van der Waals surface area contributed by atoms with Crippen molar-refractivity contribution >= 4 is 17.4 Å². The monoisotopic (exact) mass is 275 g/mol. The van der Waals surface area contributed by atoms with Crippen molar-refractivity contribution in [2.45, 2.75) is 31.6 Å². The van der Waals surface area contributed by atoms with Crippen LogP contribution in [-0.4, -0.2) is 9.78 Å². The summed E-state index contributed by atoms with van der Waals surface area (Å²) >= 11 is 6.33. The summed E-state index contributed by atoms with van der Waals surface area (Å²) < 4.78 is 1.77. The number of aromatic nitrogens is 2. The van der Waals surface area contributed by atoms with E-state index < -0.39 is 0 Å². The highest BCUT2D eigenvalue weighted by Gasteiger charge is 2.26. The SMILES string of the molecule is Cn1nc(C2CCCC2)c(-c2ccccc2Cl)c1N. The Morgan fingerprint density at radius 2 is 1.95 bits per heavy atom. The third-order valence-electron chi connectivity index (χ3n) is 4.00. The Hall–Kier alpha value is -1.48. The van der Waals surface area contributed by atoms with Crippen LogP contribution in [0.5, 0.6) is 0 Å². The van der Waals surface area contributed by atoms with Gasteiger partial charge < -0.3 is 5.73 Å². The van der Waals surface area contributed by atoms with Crippen LogP contribution >= 0.6 is 11.6 Å². The molecule has 0 atom stereocenters. The number of nitrogen functional groups attached to an aromatic ring is 1. The number of hydrogen-bond donors (Lipinski definition) is 1. The Balaban J connectivity index is 2.16. The average Bonchev–Trinajstić information content (AvgIpc) is 3.01. The van der Waals surface area contributed by atoms with Gasteiger partial charge in [-0.05, 0) is 18.9 Å². The van der Waals surface area contributed by atoms with E-state index in [1.54, 1.807) is 4.68 Å². The maximum absolute atomic E-state index is 6.33. The molecule has 0 aliphatic heterocycles. The quantitative estimate of drug-likeness (QED) is 0.901. The molecule has 1 fully saturated rings. The minimum absolute atomic E-state index is 0.523. The van der Waals surface area contributed by atoms with Gasteiger partial charge in [-0.25, -0.2) is 0 Å². The van der Waals surface area contributed by atoms with Crippen molar-refractivity contribution in [2.75, 3.05) is 5.73 Å². The van der Waals surface area contributed by atoms with Crippen LogP contribution in [0.4, 0.5) is 5.82 Å². The minimum atomic E-state index is 0.523. The summed E-state index contributed by atoms with van der Waals surface area (Å²) in [6.45, 7) is 0. The van der Waals surface area contributed by atoms with E-state index in [1.165, 1.54) is 25.7 Å². The summed E-state index contributed by atoms with van der Waals surface area (Å²) in [4.78, 5) is 0. The molecule has 1 aliphatic carbocycles. The molecule has 100 valence electrons. The first-order valence-corrected chi connectivity index (χ1v) is 7.13. The van der Waals surface area contributed by atoms with Gasteiger partial charge in [0.25, 0.3) is 0 Å². The zero-order valence-electron chi connectivity index (χ0n) is 11.1. The molecule has 0 spiro atoms. The van der Waals surface area contributed by atoms with Crippen molar-refractivity contribution in [3.05, 3.63) is 35.0 Å². The predicted octanol–water partition coefficient (Wildman–Crippen LogP) is 3.98. The van der Waals surface area contributed by atoms with Crippen LogP contribution in [0.2, 0.25) is 5.02 Å². The van der Waals surface area contributed by atoms with E-state index in [9.17, 15) is 0 Å². The average molecular weight is 276 g/mol. The molecule has 1 saturated carbocycles. The lowest BCUT2D eigenvalue weighted by molar-refractivity contribution is 0.661. The fraction of sp³-hybridized carbons (Fsp3) is 0.400. The second-order valence-corrected chi connectivity index (χ2v) is 5.64. The highest BCUT2D eigenvalue weighted by atomic mass is 35.5. The molecule has 4 heteroatoms. The van der Waals surface area contributed by atoms with Gasteiger partial charge in [0.05, 0.1) is 5.69 Å². The molecule has 0 bridgehead atoms. The molecule has 3 rings (SSSR count). The fourth-order valence-corrected chi connectivity index (χ4v) is 3.21. The van der Waals surface area contributed by atoms with Crippen molar-refractivity contribution in [3.8, 4) is 11.1 Å². The molecule has 3 nitrogen and oxygen atoms in total. The normalized spacial score (nSPS) is 16.1. The van der Waals surface area contributed by atoms with E-state index in [1.807, 2.05) is 31.3 Å². The molecule has 1 heterocycles. The minimum Gasteiger partial charge on any atom is -0.383 e. The number of nitrogens with two attached hydrogens (primary N) is 1. The first kappa shape index (κ1) is 12.5. The smallest absolute Gasteiger partial charge is 0.129 e. The Morgan fingerprint density at radius 1 is 1.26 bits per heavy atom. The number of aryl methyl sites for hydroxylation is 1. The molecular formula is C15H18ClN3. The Labute approximate surface area is 118 Å². The topological polar surface area (TPSA) is 43.8 Å². The lowest BCUT2D eigenvalue weighted by atomic mass is 9.95. The molecule has 2 N–H and O–H groups in total. The van der Waals surface area contributed by atoms with Gasteiger partial charge in [-0.3, -0.25) is 4.68 Å². The number of anilines is 1. The number of benzene rings is 1. The van der Waals surface area contributed by atoms with Gasteiger partial charge >= 0.3 is 0 Å². The van der Waals surface area contributed by atoms with E-state index in [-0.39, 0.29) is 0 Å². The van der Waals surface area contributed by atoms with Gasteiger partial charge in [-0.2, -0.15) is 5.10 Å². The predicted molar refractivity (Wildman–Crippen MR) is 79.3 cm³/mol. The van der Waals surface area contributed by atoms with E-state index in [4.69, 9.17) is 17.3 Å². The van der Waals surface area contributed by atoms with Crippen LogP contribution in [0.15, 0.2) is 24.3 Å². The maximum Gasteiger partial charge on any atom is 0.129 e. The standard InChI is InChI=1S/C15H18ClN3/c1-19-15(17)13(11-8-4-5-9-12(11)16)14(18-19)10-6-2-3-7-10/h4-5,8-10H,2-3,6-7,17H2,1H3. The third-order valence-corrected chi connectivity index (χ3v) is 4.33. The number of halogens is 1. The highest BCUT2D eigenvalue weighted by molar-refractivity contribution is 6.33. The first-order chi connectivity index (χ1) is 9.18. The summed E-state index contributed by atoms with van der Waals surface area (Å²) in [5.41, 5.74) is 9.35. The van der Waals surface area contributed by atoms with Gasteiger partial charge in [0.2, 0.25) is 0 Å². The Morgan fingerprint density at radius 3 is 2.63 bits per heavy atom. The van der Waals surface area contributed by atoms with Crippen LogP contribution < -0.4 is 5.73 Å². The van der Waals surface area contributed by atoms with Gasteiger partial charge in [0.1, 0.15) is 5.82 Å². The Bertz CT molecular complexity index is 597. The molecule has 1 aliphatic rings. The molecule has 0 radical (unpaired) electrons. The molecule has 0 saturated heterocycles. The molecule has 0 unspecified atom stereocenters. The molecule has 19 heavy (non-hydrogen) atoms. The van der Waals surface area contributed by atoms with Crippen molar-refractivity contribution < 1.29 is 0 Å². The lowest BCUT2D eigenvalue weighted by Gasteiger charge is -2.10. The highest BCUT2D eigenvalue weighted by Crippen LogP contribution is 2.42. The fourth-order valence-electron chi connectivity index (χ4n) is 2.98. The summed E-state index contributed by atoms with van der Waals surface area (Å²) in [6, 6.07) is 7.86. The van der Waals surface area contributed by atoms with Crippen LogP contribution in [-0.2, 0) is 7.05 Å². The van der Waals surface area contributed by atoms with E-state index in [0.29, 0.717) is 11.7 Å². The summed E-state index contributed by atoms with van der Waals surface area (Å²) in [5.74, 6) is 1.23. The van der Waals surface area contributed by atoms with Crippen LogP contribution in [0.1, 0.15) is 37.3 Å². The van der Waals surface area contributed by atoms with Crippen LogP contribution in [0.25, 0.3) is 11.1 Å². The van der Waals surface area contributed by atoms with E-state index >= 15 is 0 Å². The number of rotatable bonds is 2. The Kier molecular flexibility index (Phi) is 3.23. The van der Waals surface area contributed by atoms with Crippen molar-refractivity contribution in [2.24, 2.45) is 7.05 Å². The molecular weight excluding hydrogens is 258 g/mol. The van der Waals surface area contributed by atoms with Gasteiger partial charge in [-0.15, -0.1) is 0 Å². The summed E-state index contributed by atoms with van der Waals surface area (Å²) in [7, 11) is 1.90. The van der Waals surface area contributed by atoms with Gasteiger partial charge in [0, 0.05) is 29.1 Å². The number of hydrogen-bond acceptors (Lipinski definition) is 2. The maximum atomic E-state index is 6.33. The third kappa shape index (κ3) is 2.12. The van der Waals surface area contributed by atoms with E-state index in [2.05, 4.69) is 5.10 Å². The van der Waals surface area contributed by atoms with E-state index in [0.717, 1.165) is 21.8 Å². The van der Waals surface area contributed by atoms with Gasteiger partial charge in [-0.1, -0.05) is 42.6 Å². The summed E-state index contributed by atoms with van der Waals surface area (Å²) in [5, 5.41) is 5.38. The van der Waals surface area contributed by atoms with Crippen molar-refractivity contribution in [1.29, 1.82) is 0 Å². The largest absolute Gasteiger partial charge is 0.383 e. The molecule has 0 amide bonds. The van der Waals surface area contributed by atoms with Crippen molar-refractivity contribution in [1.82, 2.24) is 9.78 Å². The lowest BCUT2D eigenvalue weighted by Crippen LogP contribution is -1.98.